The van der Waals surface area contributed by atoms with Crippen molar-refractivity contribution < 1.29 is 4.74 Å². The Kier molecular flexibility index (Phi) is 2.24. The number of aromatic nitrogens is 3. The molecule has 2 aliphatic rings. The number of fused-ring (bicyclic) bond motifs is 1. The monoisotopic (exact) mass is 207 g/mol. The fraction of sp³-hybridized carbons (Fsp3) is 0.818. The van der Waals surface area contributed by atoms with Gasteiger partial charge in [0.15, 0.2) is 0 Å². The molecule has 0 amide bonds. The van der Waals surface area contributed by atoms with Gasteiger partial charge in [-0.1, -0.05) is 6.42 Å². The molecule has 82 valence electrons. The molecule has 1 heterocycles. The van der Waals surface area contributed by atoms with E-state index in [0.717, 1.165) is 25.0 Å². The molecule has 0 bridgehead atoms. The Morgan fingerprint density at radius 1 is 1.47 bits per heavy atom. The van der Waals surface area contributed by atoms with Crippen LogP contribution in [0, 0.1) is 11.8 Å². The molecule has 2 aliphatic carbocycles. The van der Waals surface area contributed by atoms with Gasteiger partial charge in [0.05, 0.1) is 6.61 Å². The SMILES string of the molecule is COCCn1cnnc1C1C2CCCC21. The summed E-state index contributed by atoms with van der Waals surface area (Å²) in [5.41, 5.74) is 0. The lowest BCUT2D eigenvalue weighted by atomic mass is 10.1. The van der Waals surface area contributed by atoms with Crippen LogP contribution in [0.1, 0.15) is 31.0 Å². The first-order chi connectivity index (χ1) is 7.42. The molecule has 0 radical (unpaired) electrons. The zero-order valence-electron chi connectivity index (χ0n) is 9.09. The summed E-state index contributed by atoms with van der Waals surface area (Å²) in [6, 6.07) is 0. The summed E-state index contributed by atoms with van der Waals surface area (Å²) in [5.74, 6) is 3.73. The maximum absolute atomic E-state index is 5.09. The van der Waals surface area contributed by atoms with E-state index in [4.69, 9.17) is 4.74 Å². The topological polar surface area (TPSA) is 39.9 Å². The fourth-order valence-electron chi connectivity index (χ4n) is 3.09. The minimum Gasteiger partial charge on any atom is -0.383 e. The molecule has 2 fully saturated rings. The summed E-state index contributed by atoms with van der Waals surface area (Å²) in [6.07, 6.45) is 6.04. The number of nitrogens with zero attached hydrogens (tertiary/aromatic N) is 3. The summed E-state index contributed by atoms with van der Waals surface area (Å²) in [6.45, 7) is 1.63. The molecule has 0 saturated heterocycles. The number of hydrogen-bond acceptors (Lipinski definition) is 3. The molecule has 4 nitrogen and oxygen atoms in total. The molecule has 0 aliphatic heterocycles. The van der Waals surface area contributed by atoms with Gasteiger partial charge < -0.3 is 9.30 Å². The van der Waals surface area contributed by atoms with Gasteiger partial charge in [0.1, 0.15) is 12.2 Å². The maximum atomic E-state index is 5.09. The molecular weight excluding hydrogens is 190 g/mol. The van der Waals surface area contributed by atoms with Crippen LogP contribution in [0.25, 0.3) is 0 Å². The van der Waals surface area contributed by atoms with Crippen molar-refractivity contribution in [2.75, 3.05) is 13.7 Å². The van der Waals surface area contributed by atoms with E-state index in [0.29, 0.717) is 5.92 Å². The van der Waals surface area contributed by atoms with Gasteiger partial charge in [-0.05, 0) is 24.7 Å². The Labute approximate surface area is 89.6 Å². The first-order valence-electron chi connectivity index (χ1n) is 5.78. The predicted octanol–water partition coefficient (Wildman–Crippen LogP) is 1.44. The molecule has 0 N–H and O–H groups in total. The molecule has 15 heavy (non-hydrogen) atoms. The van der Waals surface area contributed by atoms with E-state index in [1.54, 1.807) is 7.11 Å². The average molecular weight is 207 g/mol. The van der Waals surface area contributed by atoms with Crippen molar-refractivity contribution in [1.82, 2.24) is 14.8 Å². The van der Waals surface area contributed by atoms with Crippen LogP contribution < -0.4 is 0 Å². The van der Waals surface area contributed by atoms with Gasteiger partial charge in [0.2, 0.25) is 0 Å². The van der Waals surface area contributed by atoms with Crippen LogP contribution in [-0.4, -0.2) is 28.5 Å². The lowest BCUT2D eigenvalue weighted by Gasteiger charge is -2.06. The van der Waals surface area contributed by atoms with Crippen LogP contribution in [0.15, 0.2) is 6.33 Å². The van der Waals surface area contributed by atoms with Crippen molar-refractivity contribution >= 4 is 0 Å². The summed E-state index contributed by atoms with van der Waals surface area (Å²) in [5, 5.41) is 8.29. The summed E-state index contributed by atoms with van der Waals surface area (Å²) in [4.78, 5) is 0. The Balaban J connectivity index is 1.72. The zero-order valence-corrected chi connectivity index (χ0v) is 9.09. The highest BCUT2D eigenvalue weighted by Crippen LogP contribution is 2.62. The van der Waals surface area contributed by atoms with Crippen molar-refractivity contribution in [2.45, 2.75) is 31.7 Å². The van der Waals surface area contributed by atoms with E-state index in [1.165, 1.54) is 25.1 Å². The molecule has 0 aromatic carbocycles. The summed E-state index contributed by atoms with van der Waals surface area (Å²) in [7, 11) is 1.73. The van der Waals surface area contributed by atoms with Gasteiger partial charge in [-0.2, -0.15) is 0 Å². The third-order valence-corrected chi connectivity index (χ3v) is 3.89. The first kappa shape index (κ1) is 9.33. The largest absolute Gasteiger partial charge is 0.383 e. The molecule has 1 aromatic heterocycles. The van der Waals surface area contributed by atoms with E-state index in [-0.39, 0.29) is 0 Å². The normalized spacial score (nSPS) is 33.0. The van der Waals surface area contributed by atoms with Crippen LogP contribution in [-0.2, 0) is 11.3 Å². The quantitative estimate of drug-likeness (QED) is 0.750. The third-order valence-electron chi connectivity index (χ3n) is 3.89. The molecule has 3 rings (SSSR count). The number of methoxy groups -OCH3 is 1. The molecule has 2 saturated carbocycles. The maximum Gasteiger partial charge on any atom is 0.136 e. The minimum atomic E-state index is 0.707. The van der Waals surface area contributed by atoms with Crippen LogP contribution in [0.4, 0.5) is 0 Å². The molecule has 2 unspecified atom stereocenters. The highest BCUT2D eigenvalue weighted by Gasteiger charge is 2.55. The zero-order chi connectivity index (χ0) is 10.3. The predicted molar refractivity (Wildman–Crippen MR) is 55.5 cm³/mol. The molecule has 0 spiro atoms. The minimum absolute atomic E-state index is 0.707. The van der Waals surface area contributed by atoms with Gasteiger partial charge in [0.25, 0.3) is 0 Å². The second kappa shape index (κ2) is 3.59. The van der Waals surface area contributed by atoms with Crippen molar-refractivity contribution in [2.24, 2.45) is 11.8 Å². The number of hydrogen-bond donors (Lipinski definition) is 0. The highest BCUT2D eigenvalue weighted by molar-refractivity contribution is 5.17. The lowest BCUT2D eigenvalue weighted by molar-refractivity contribution is 0.186. The Morgan fingerprint density at radius 3 is 3.00 bits per heavy atom. The molecular formula is C11H17N3O. The van der Waals surface area contributed by atoms with Gasteiger partial charge in [-0.25, -0.2) is 0 Å². The van der Waals surface area contributed by atoms with Crippen LogP contribution in [0.5, 0.6) is 0 Å². The summed E-state index contributed by atoms with van der Waals surface area (Å²) >= 11 is 0. The van der Waals surface area contributed by atoms with Crippen molar-refractivity contribution in [3.05, 3.63) is 12.2 Å². The van der Waals surface area contributed by atoms with Gasteiger partial charge in [0, 0.05) is 19.6 Å². The second-order valence-corrected chi connectivity index (χ2v) is 4.66. The van der Waals surface area contributed by atoms with E-state index in [1.807, 2.05) is 6.33 Å². The standard InChI is InChI=1S/C11H17N3O/c1-15-6-5-14-7-12-13-11(14)10-8-3-2-4-9(8)10/h7-10H,2-6H2,1H3. The number of ether oxygens (including phenoxy) is 1. The van der Waals surface area contributed by atoms with Crippen molar-refractivity contribution in [3.8, 4) is 0 Å². The smallest absolute Gasteiger partial charge is 0.136 e. The van der Waals surface area contributed by atoms with Gasteiger partial charge >= 0.3 is 0 Å². The summed E-state index contributed by atoms with van der Waals surface area (Å²) < 4.78 is 7.25. The van der Waals surface area contributed by atoms with Crippen molar-refractivity contribution in [1.29, 1.82) is 0 Å². The van der Waals surface area contributed by atoms with Crippen LogP contribution in [0.3, 0.4) is 0 Å². The molecule has 2 atom stereocenters. The van der Waals surface area contributed by atoms with Crippen LogP contribution in [0.2, 0.25) is 0 Å². The average Bonchev–Trinajstić information content (AvgIpc) is 2.73. The van der Waals surface area contributed by atoms with E-state index >= 15 is 0 Å². The fourth-order valence-corrected chi connectivity index (χ4v) is 3.09. The van der Waals surface area contributed by atoms with E-state index in [9.17, 15) is 0 Å². The molecule has 1 aromatic rings. The Bertz CT molecular complexity index is 339. The van der Waals surface area contributed by atoms with Gasteiger partial charge in [-0.15, -0.1) is 10.2 Å². The first-order valence-corrected chi connectivity index (χ1v) is 5.78. The van der Waals surface area contributed by atoms with Gasteiger partial charge in [-0.3, -0.25) is 0 Å². The van der Waals surface area contributed by atoms with E-state index < -0.39 is 0 Å². The lowest BCUT2D eigenvalue weighted by Crippen LogP contribution is -2.08. The molecule has 4 heteroatoms. The Hall–Kier alpha value is -0.900. The highest BCUT2D eigenvalue weighted by atomic mass is 16.5. The Morgan fingerprint density at radius 2 is 2.27 bits per heavy atom. The third kappa shape index (κ3) is 1.47. The van der Waals surface area contributed by atoms with Crippen molar-refractivity contribution in [3.63, 3.8) is 0 Å². The van der Waals surface area contributed by atoms with Crippen LogP contribution >= 0.6 is 0 Å². The second-order valence-electron chi connectivity index (χ2n) is 4.66. The number of rotatable bonds is 4. The van der Waals surface area contributed by atoms with E-state index in [2.05, 4.69) is 14.8 Å².